The van der Waals surface area contributed by atoms with Crippen molar-refractivity contribution in [2.75, 3.05) is 14.1 Å². The number of carbonyl (C=O) groups is 1. The van der Waals surface area contributed by atoms with Crippen molar-refractivity contribution in [2.45, 2.75) is 18.9 Å². The van der Waals surface area contributed by atoms with Crippen LogP contribution in [-0.2, 0) is 10.0 Å². The van der Waals surface area contributed by atoms with Crippen molar-refractivity contribution in [3.63, 3.8) is 0 Å². The van der Waals surface area contributed by atoms with E-state index in [2.05, 4.69) is 4.98 Å². The number of hydrogen-bond acceptors (Lipinski definition) is 4. The van der Waals surface area contributed by atoms with E-state index < -0.39 is 10.0 Å². The Kier molecular flexibility index (Phi) is 3.53. The summed E-state index contributed by atoms with van der Waals surface area (Å²) in [4.78, 5) is 17.0. The van der Waals surface area contributed by atoms with Crippen molar-refractivity contribution in [3.8, 4) is 0 Å². The van der Waals surface area contributed by atoms with Crippen LogP contribution < -0.4 is 5.14 Å². The Balaban J connectivity index is 3.50. The van der Waals surface area contributed by atoms with E-state index in [1.165, 1.54) is 4.90 Å². The van der Waals surface area contributed by atoms with Crippen LogP contribution in [0.3, 0.4) is 0 Å². The zero-order valence-corrected chi connectivity index (χ0v) is 11.0. The number of pyridine rings is 1. The fourth-order valence-electron chi connectivity index (χ4n) is 1.45. The minimum absolute atomic E-state index is 0.102. The van der Waals surface area contributed by atoms with Gasteiger partial charge in [-0.3, -0.25) is 4.79 Å². The van der Waals surface area contributed by atoms with Gasteiger partial charge in [-0.25, -0.2) is 18.5 Å². The molecule has 1 amide bonds. The highest BCUT2D eigenvalue weighted by atomic mass is 32.2. The van der Waals surface area contributed by atoms with Gasteiger partial charge < -0.3 is 4.90 Å². The molecule has 0 saturated heterocycles. The Morgan fingerprint density at radius 3 is 2.24 bits per heavy atom. The molecule has 0 spiro atoms. The molecule has 0 unspecified atom stereocenters. The molecule has 94 valence electrons. The molecule has 7 heteroatoms. The van der Waals surface area contributed by atoms with Gasteiger partial charge in [0.15, 0.2) is 5.03 Å². The Morgan fingerprint density at radius 2 is 1.82 bits per heavy atom. The van der Waals surface area contributed by atoms with E-state index in [9.17, 15) is 13.2 Å². The number of nitrogens with zero attached hydrogens (tertiary/aromatic N) is 2. The van der Waals surface area contributed by atoms with E-state index >= 15 is 0 Å². The van der Waals surface area contributed by atoms with Crippen LogP contribution in [0.2, 0.25) is 0 Å². The normalized spacial score (nSPS) is 11.4. The number of sulfonamides is 1. The fourth-order valence-corrected chi connectivity index (χ4v) is 2.18. The van der Waals surface area contributed by atoms with Crippen LogP contribution in [0.4, 0.5) is 0 Å². The van der Waals surface area contributed by atoms with Gasteiger partial charge in [-0.2, -0.15) is 0 Å². The summed E-state index contributed by atoms with van der Waals surface area (Å²) in [5.74, 6) is -0.354. The number of amides is 1. The molecule has 0 aliphatic heterocycles. The Labute approximate surface area is 100 Å². The molecule has 17 heavy (non-hydrogen) atoms. The molecular formula is C10H15N3O3S. The second-order valence-electron chi connectivity index (χ2n) is 4.02. The highest BCUT2D eigenvalue weighted by Crippen LogP contribution is 2.16. The summed E-state index contributed by atoms with van der Waals surface area (Å²) in [5, 5.41) is 4.78. The molecule has 0 bridgehead atoms. The van der Waals surface area contributed by atoms with Gasteiger partial charge in [0, 0.05) is 14.1 Å². The molecule has 1 heterocycles. The molecule has 0 saturated carbocycles. The average molecular weight is 257 g/mol. The molecule has 0 aliphatic carbocycles. The summed E-state index contributed by atoms with van der Waals surface area (Å²) in [5.41, 5.74) is 1.15. The summed E-state index contributed by atoms with van der Waals surface area (Å²) >= 11 is 0. The molecule has 1 rings (SSSR count). The summed E-state index contributed by atoms with van der Waals surface area (Å²) in [6.45, 7) is 3.29. The highest BCUT2D eigenvalue weighted by Gasteiger charge is 2.20. The van der Waals surface area contributed by atoms with E-state index in [4.69, 9.17) is 5.14 Å². The zero-order chi connectivity index (χ0) is 13.4. The first-order valence-corrected chi connectivity index (χ1v) is 6.42. The van der Waals surface area contributed by atoms with Crippen LogP contribution in [0, 0.1) is 13.8 Å². The number of rotatable bonds is 2. The minimum atomic E-state index is -3.91. The second-order valence-corrected chi connectivity index (χ2v) is 5.50. The van der Waals surface area contributed by atoms with Gasteiger partial charge in [0.2, 0.25) is 0 Å². The first kappa shape index (κ1) is 13.6. The molecule has 0 atom stereocenters. The molecule has 6 nitrogen and oxygen atoms in total. The van der Waals surface area contributed by atoms with Crippen LogP contribution >= 0.6 is 0 Å². The van der Waals surface area contributed by atoms with E-state index in [1.54, 1.807) is 34.0 Å². The molecular weight excluding hydrogens is 242 g/mol. The number of hydrogen-bond donors (Lipinski definition) is 1. The van der Waals surface area contributed by atoms with E-state index in [0.29, 0.717) is 11.1 Å². The van der Waals surface area contributed by atoms with Crippen LogP contribution in [-0.4, -0.2) is 38.3 Å². The number of aryl methyl sites for hydroxylation is 2. The zero-order valence-electron chi connectivity index (χ0n) is 10.2. The van der Waals surface area contributed by atoms with Crippen molar-refractivity contribution >= 4 is 15.9 Å². The fraction of sp³-hybridized carbons (Fsp3) is 0.400. The maximum absolute atomic E-state index is 11.8. The lowest BCUT2D eigenvalue weighted by Gasteiger charge is -2.13. The maximum Gasteiger partial charge on any atom is 0.272 e. The lowest BCUT2D eigenvalue weighted by molar-refractivity contribution is 0.0820. The maximum atomic E-state index is 11.8. The third kappa shape index (κ3) is 2.80. The molecule has 0 aliphatic rings. The predicted octanol–water partition coefficient (Wildman–Crippen LogP) is 0.0476. The van der Waals surface area contributed by atoms with Crippen molar-refractivity contribution in [1.82, 2.24) is 9.88 Å². The van der Waals surface area contributed by atoms with Gasteiger partial charge in [0.25, 0.3) is 15.9 Å². The predicted molar refractivity (Wildman–Crippen MR) is 63.1 cm³/mol. The quantitative estimate of drug-likeness (QED) is 0.810. The Hall–Kier alpha value is -1.47. The van der Waals surface area contributed by atoms with Gasteiger partial charge in [0.1, 0.15) is 5.69 Å². The smallest absolute Gasteiger partial charge is 0.272 e. The summed E-state index contributed by atoms with van der Waals surface area (Å²) < 4.78 is 22.6. The Bertz CT molecular complexity index is 564. The highest BCUT2D eigenvalue weighted by molar-refractivity contribution is 7.89. The lowest BCUT2D eigenvalue weighted by Crippen LogP contribution is -2.26. The van der Waals surface area contributed by atoms with Crippen molar-refractivity contribution in [1.29, 1.82) is 0 Å². The van der Waals surface area contributed by atoms with Crippen molar-refractivity contribution in [3.05, 3.63) is 22.9 Å². The van der Waals surface area contributed by atoms with Gasteiger partial charge in [-0.15, -0.1) is 0 Å². The van der Waals surface area contributed by atoms with E-state index in [-0.39, 0.29) is 16.6 Å². The van der Waals surface area contributed by atoms with Gasteiger partial charge in [-0.1, -0.05) is 6.07 Å². The largest absolute Gasteiger partial charge is 0.343 e. The summed E-state index contributed by atoms with van der Waals surface area (Å²) in [6, 6.07) is 1.59. The molecule has 0 aromatic carbocycles. The van der Waals surface area contributed by atoms with Gasteiger partial charge in [-0.05, 0) is 25.0 Å². The third-order valence-electron chi connectivity index (χ3n) is 2.24. The molecule has 2 N–H and O–H groups in total. The Morgan fingerprint density at radius 1 is 1.29 bits per heavy atom. The molecule has 1 aromatic rings. The first-order chi connectivity index (χ1) is 7.64. The van der Waals surface area contributed by atoms with E-state index in [1.807, 2.05) is 0 Å². The van der Waals surface area contributed by atoms with Crippen molar-refractivity contribution < 1.29 is 13.2 Å². The standard InChI is InChI=1S/C10H15N3O3S/c1-6-5-7(2)9(17(11,15)16)12-8(6)10(14)13(3)4/h5H,1-4H3,(H2,11,15,16). The van der Waals surface area contributed by atoms with Crippen LogP contribution in [0.25, 0.3) is 0 Å². The molecule has 1 aromatic heterocycles. The topological polar surface area (TPSA) is 93.4 Å². The van der Waals surface area contributed by atoms with Gasteiger partial charge >= 0.3 is 0 Å². The van der Waals surface area contributed by atoms with Gasteiger partial charge in [0.05, 0.1) is 0 Å². The molecule has 0 fully saturated rings. The third-order valence-corrected chi connectivity index (χ3v) is 3.19. The van der Waals surface area contributed by atoms with Crippen LogP contribution in [0.5, 0.6) is 0 Å². The monoisotopic (exact) mass is 257 g/mol. The SMILES string of the molecule is Cc1cc(C)c(S(N)(=O)=O)nc1C(=O)N(C)C. The van der Waals surface area contributed by atoms with Crippen LogP contribution in [0.1, 0.15) is 21.6 Å². The number of nitrogens with two attached hydrogens (primary N) is 1. The first-order valence-electron chi connectivity index (χ1n) is 4.87. The summed E-state index contributed by atoms with van der Waals surface area (Å²) in [7, 11) is -0.775. The van der Waals surface area contributed by atoms with Crippen LogP contribution in [0.15, 0.2) is 11.1 Å². The summed E-state index contributed by atoms with van der Waals surface area (Å²) in [6.07, 6.45) is 0. The van der Waals surface area contributed by atoms with E-state index in [0.717, 1.165) is 0 Å². The minimum Gasteiger partial charge on any atom is -0.343 e. The van der Waals surface area contributed by atoms with Crippen molar-refractivity contribution in [2.24, 2.45) is 5.14 Å². The second kappa shape index (κ2) is 4.42. The average Bonchev–Trinajstić information content (AvgIpc) is 2.14. The molecule has 0 radical (unpaired) electrons. The number of aromatic nitrogens is 1. The lowest BCUT2D eigenvalue weighted by atomic mass is 10.1. The number of carbonyl (C=O) groups excluding carboxylic acids is 1. The number of primary sulfonamides is 1.